The molecule has 2 saturated heterocycles. The Morgan fingerprint density at radius 1 is 1.04 bits per heavy atom. The van der Waals surface area contributed by atoms with Crippen LogP contribution in [0.4, 0.5) is 32.0 Å². The molecule has 5 rings (SSSR count). The lowest BCUT2D eigenvalue weighted by Crippen LogP contribution is -2.46. The van der Waals surface area contributed by atoms with Crippen LogP contribution in [0.3, 0.4) is 0 Å². The van der Waals surface area contributed by atoms with Crippen LogP contribution in [0.1, 0.15) is 56.2 Å². The second-order valence-electron chi connectivity index (χ2n) is 11.7. The number of imide groups is 1. The van der Waals surface area contributed by atoms with Gasteiger partial charge in [-0.3, -0.25) is 9.59 Å². The Morgan fingerprint density at radius 2 is 1.69 bits per heavy atom. The van der Waals surface area contributed by atoms with Gasteiger partial charge in [-0.2, -0.15) is 26.3 Å². The van der Waals surface area contributed by atoms with Crippen LogP contribution in [0.2, 0.25) is 11.3 Å². The molecule has 0 bridgehead atoms. The third-order valence-corrected chi connectivity index (χ3v) is 9.08. The maximum Gasteiger partial charge on any atom is 0.455 e. The summed E-state index contributed by atoms with van der Waals surface area (Å²) in [5.41, 5.74) is -0.921. The molecule has 2 heterocycles. The number of carbonyl (C=O) groups is 2. The van der Waals surface area contributed by atoms with Crippen molar-refractivity contribution in [1.29, 1.82) is 0 Å². The zero-order valence-corrected chi connectivity index (χ0v) is 24.9. The summed E-state index contributed by atoms with van der Waals surface area (Å²) in [4.78, 5) is 27.9. The molecule has 0 spiro atoms. The summed E-state index contributed by atoms with van der Waals surface area (Å²) in [7, 11) is -1.31. The fourth-order valence-corrected chi connectivity index (χ4v) is 6.98. The number of nitrogens with zero attached hydrogens (tertiary/aromatic N) is 1. The topological polar surface area (TPSA) is 87.1 Å². The van der Waals surface area contributed by atoms with Gasteiger partial charge in [-0.1, -0.05) is 35.7 Å². The van der Waals surface area contributed by atoms with Crippen molar-refractivity contribution in [2.45, 2.75) is 64.3 Å². The number of anilines is 1. The molecule has 0 radical (unpaired) electrons. The summed E-state index contributed by atoms with van der Waals surface area (Å²) in [5, 5.41) is 20.6. The van der Waals surface area contributed by atoms with Crippen molar-refractivity contribution in [2.75, 3.05) is 4.90 Å². The molecule has 6 nitrogen and oxygen atoms in total. The number of alkyl halides is 6. The van der Waals surface area contributed by atoms with Gasteiger partial charge in [0.05, 0.1) is 39.8 Å². The first-order valence-corrected chi connectivity index (χ1v) is 14.8. The van der Waals surface area contributed by atoms with Crippen molar-refractivity contribution in [1.82, 2.24) is 0 Å². The predicted molar refractivity (Wildman–Crippen MR) is 155 cm³/mol. The fraction of sp³-hybridized carbons (Fsp3) is 0.419. The van der Waals surface area contributed by atoms with Crippen molar-refractivity contribution in [3.8, 4) is 5.75 Å². The van der Waals surface area contributed by atoms with E-state index in [1.807, 2.05) is 19.9 Å². The van der Waals surface area contributed by atoms with E-state index in [0.29, 0.717) is 46.9 Å². The molecule has 2 aliphatic heterocycles. The number of phenolic OH excluding ortho intramolecular Hbond substituents is 1. The van der Waals surface area contributed by atoms with Gasteiger partial charge in [-0.25, -0.2) is 4.90 Å². The van der Waals surface area contributed by atoms with Crippen LogP contribution >= 0.6 is 11.6 Å². The minimum Gasteiger partial charge on any atom is -0.508 e. The van der Waals surface area contributed by atoms with Crippen molar-refractivity contribution in [2.24, 2.45) is 17.8 Å². The molecule has 4 atom stereocenters. The molecule has 0 unspecified atom stereocenters. The number of rotatable bonds is 6. The van der Waals surface area contributed by atoms with E-state index in [0.717, 1.165) is 16.7 Å². The lowest BCUT2D eigenvalue weighted by Gasteiger charge is -2.43. The molecule has 1 aliphatic carbocycles. The van der Waals surface area contributed by atoms with Crippen LogP contribution in [-0.2, 0) is 26.6 Å². The van der Waals surface area contributed by atoms with Gasteiger partial charge >= 0.3 is 19.5 Å². The van der Waals surface area contributed by atoms with Crippen LogP contribution in [0.25, 0.3) is 6.08 Å². The molecular formula is C31H29BClF6NO5. The van der Waals surface area contributed by atoms with Crippen LogP contribution in [-0.4, -0.2) is 35.2 Å². The van der Waals surface area contributed by atoms with Crippen LogP contribution in [0.5, 0.6) is 5.75 Å². The highest BCUT2D eigenvalue weighted by atomic mass is 35.5. The average molecular weight is 656 g/mol. The minimum absolute atomic E-state index is 0.0208. The molecular weight excluding hydrogens is 627 g/mol. The summed E-state index contributed by atoms with van der Waals surface area (Å²) in [6.07, 6.45) is -7.75. The SMILES string of the molecule is CCC1=C2[C@@H](CC/C(C)=C/c3ccc(O)cc3Cl)OB(O)C[C@@H]2[C@@H]2C(=O)N(c3cc(C(F)(F)F)cc(C(F)(F)F)c3)C(=O)[C@@H]2C1. The molecule has 2 amide bonds. The van der Waals surface area contributed by atoms with Crippen molar-refractivity contribution in [3.63, 3.8) is 0 Å². The molecule has 3 aliphatic rings. The summed E-state index contributed by atoms with van der Waals surface area (Å²) in [6, 6.07) is 5.28. The Bertz CT molecular complexity index is 1560. The number of hydrogen-bond acceptors (Lipinski definition) is 5. The number of benzene rings is 2. The molecule has 14 heteroatoms. The Kier molecular flexibility index (Phi) is 8.93. The molecule has 2 fully saturated rings. The highest BCUT2D eigenvalue weighted by Gasteiger charge is 2.57. The maximum absolute atomic E-state index is 13.8. The van der Waals surface area contributed by atoms with Gasteiger partial charge in [0.2, 0.25) is 11.8 Å². The lowest BCUT2D eigenvalue weighted by atomic mass is 9.58. The third-order valence-electron chi connectivity index (χ3n) is 8.75. The number of fused-ring (bicyclic) bond motifs is 3. The Morgan fingerprint density at radius 3 is 2.27 bits per heavy atom. The van der Waals surface area contributed by atoms with Gasteiger partial charge in [0.15, 0.2) is 0 Å². The zero-order valence-electron chi connectivity index (χ0n) is 24.2. The number of aromatic hydroxyl groups is 1. The van der Waals surface area contributed by atoms with Gasteiger partial charge in [0.1, 0.15) is 5.75 Å². The Labute approximate surface area is 260 Å². The van der Waals surface area contributed by atoms with Gasteiger partial charge in [-0.05, 0) is 92.4 Å². The standard InChI is InChI=1S/C31H29BClF6NO5/c1-3-16-9-22-27(29(43)40(28(22)42)20-11-18(30(34,35)36)10-19(12-20)31(37,38)39)23-14-32(44)45-25(26(16)23)7-4-15(2)8-17-5-6-21(41)13-24(17)33/h5-6,8,10-13,22-23,25,27,41,44H,3-4,7,9,14H2,1-2H3/b15-8+/t22-,23+,25-,27-/m1/s1. The number of allylic oxidation sites excluding steroid dienone is 2. The maximum atomic E-state index is 13.8. The van der Waals surface area contributed by atoms with Crippen molar-refractivity contribution >= 4 is 42.3 Å². The first kappa shape index (κ1) is 33.1. The van der Waals surface area contributed by atoms with Crippen LogP contribution < -0.4 is 4.90 Å². The van der Waals surface area contributed by atoms with E-state index in [4.69, 9.17) is 16.3 Å². The van der Waals surface area contributed by atoms with Gasteiger partial charge in [-0.15, -0.1) is 0 Å². The first-order chi connectivity index (χ1) is 21.0. The number of carbonyl (C=O) groups excluding carboxylic acids is 2. The molecule has 0 saturated carbocycles. The van der Waals surface area contributed by atoms with Crippen molar-refractivity contribution in [3.05, 3.63) is 74.8 Å². The molecule has 2 aromatic rings. The Balaban J connectivity index is 1.46. The summed E-state index contributed by atoms with van der Waals surface area (Å²) in [6.45, 7) is 3.72. The van der Waals surface area contributed by atoms with E-state index >= 15 is 0 Å². The molecule has 45 heavy (non-hydrogen) atoms. The summed E-state index contributed by atoms with van der Waals surface area (Å²) < 4.78 is 87.4. The van der Waals surface area contributed by atoms with E-state index in [1.165, 1.54) is 12.1 Å². The highest BCUT2D eigenvalue weighted by molar-refractivity contribution is 6.43. The third kappa shape index (κ3) is 6.52. The lowest BCUT2D eigenvalue weighted by molar-refractivity contribution is -0.143. The predicted octanol–water partition coefficient (Wildman–Crippen LogP) is 7.68. The van der Waals surface area contributed by atoms with E-state index in [1.54, 1.807) is 6.07 Å². The van der Waals surface area contributed by atoms with E-state index < -0.39 is 72.0 Å². The summed E-state index contributed by atoms with van der Waals surface area (Å²) in [5.74, 6) is -4.54. The summed E-state index contributed by atoms with van der Waals surface area (Å²) >= 11 is 6.22. The quantitative estimate of drug-likeness (QED) is 0.144. The second kappa shape index (κ2) is 12.1. The van der Waals surface area contributed by atoms with Gasteiger partial charge < -0.3 is 14.8 Å². The molecule has 2 aromatic carbocycles. The number of halogens is 7. The van der Waals surface area contributed by atoms with E-state index in [2.05, 4.69) is 0 Å². The number of hydrogen-bond donors (Lipinski definition) is 2. The average Bonchev–Trinajstić information content (AvgIpc) is 3.20. The highest BCUT2D eigenvalue weighted by Crippen LogP contribution is 2.52. The Hall–Kier alpha value is -3.29. The molecule has 0 aromatic heterocycles. The second-order valence-corrected chi connectivity index (χ2v) is 12.1. The number of phenols is 1. The normalized spacial score (nSPS) is 24.4. The van der Waals surface area contributed by atoms with Crippen LogP contribution in [0.15, 0.2) is 53.1 Å². The first-order valence-electron chi connectivity index (χ1n) is 14.4. The molecule has 2 N–H and O–H groups in total. The molecule has 240 valence electrons. The van der Waals surface area contributed by atoms with E-state index in [-0.39, 0.29) is 24.6 Å². The monoisotopic (exact) mass is 655 g/mol. The van der Waals surface area contributed by atoms with Crippen LogP contribution in [0, 0.1) is 17.8 Å². The van der Waals surface area contributed by atoms with Crippen molar-refractivity contribution < 1.29 is 50.7 Å². The number of amides is 2. The van der Waals surface area contributed by atoms with Gasteiger partial charge in [0.25, 0.3) is 0 Å². The largest absolute Gasteiger partial charge is 0.508 e. The minimum atomic E-state index is -5.16. The fourth-order valence-electron chi connectivity index (χ4n) is 6.75. The smallest absolute Gasteiger partial charge is 0.455 e. The zero-order chi connectivity index (χ0) is 33.0. The van der Waals surface area contributed by atoms with E-state index in [9.17, 15) is 46.1 Å². The van der Waals surface area contributed by atoms with Gasteiger partial charge in [0, 0.05) is 0 Å².